The van der Waals surface area contributed by atoms with E-state index < -0.39 is 10.0 Å². The molecule has 0 saturated carbocycles. The van der Waals surface area contributed by atoms with E-state index in [9.17, 15) is 8.42 Å². The predicted octanol–water partition coefficient (Wildman–Crippen LogP) is 4.30. The lowest BCUT2D eigenvalue weighted by molar-refractivity contribution is 0.601. The van der Waals surface area contributed by atoms with Gasteiger partial charge in [0.2, 0.25) is 0 Å². The molecule has 0 bridgehead atoms. The molecule has 0 fully saturated rings. The molecule has 6 heteroatoms. The van der Waals surface area contributed by atoms with E-state index in [4.69, 9.17) is 11.6 Å². The zero-order valence-corrected chi connectivity index (χ0v) is 15.1. The van der Waals surface area contributed by atoms with E-state index in [0.717, 1.165) is 24.3 Å². The fraction of sp³-hybridized carbons (Fsp3) is 0.294. The van der Waals surface area contributed by atoms with Crippen LogP contribution in [-0.2, 0) is 10.0 Å². The molecule has 0 amide bonds. The van der Waals surface area contributed by atoms with Gasteiger partial charge in [-0.15, -0.1) is 0 Å². The Labute approximate surface area is 143 Å². The van der Waals surface area contributed by atoms with Crippen LogP contribution in [0.1, 0.15) is 19.4 Å². The van der Waals surface area contributed by atoms with Crippen LogP contribution in [0.25, 0.3) is 0 Å². The highest BCUT2D eigenvalue weighted by Gasteiger charge is 2.15. The van der Waals surface area contributed by atoms with Crippen molar-refractivity contribution in [2.45, 2.75) is 25.7 Å². The van der Waals surface area contributed by atoms with Crippen molar-refractivity contribution < 1.29 is 8.42 Å². The maximum absolute atomic E-state index is 12.4. The van der Waals surface area contributed by atoms with Gasteiger partial charge in [0, 0.05) is 29.5 Å². The molecule has 1 N–H and O–H groups in total. The van der Waals surface area contributed by atoms with Crippen molar-refractivity contribution in [3.05, 3.63) is 53.1 Å². The summed E-state index contributed by atoms with van der Waals surface area (Å²) in [6.07, 6.45) is 0. The van der Waals surface area contributed by atoms with Crippen LogP contribution >= 0.6 is 11.6 Å². The second kappa shape index (κ2) is 7.23. The Morgan fingerprint density at radius 1 is 1.04 bits per heavy atom. The summed E-state index contributed by atoms with van der Waals surface area (Å²) < 4.78 is 27.4. The van der Waals surface area contributed by atoms with Gasteiger partial charge in [-0.2, -0.15) is 0 Å². The van der Waals surface area contributed by atoms with E-state index in [1.54, 1.807) is 24.3 Å². The number of hydrogen-bond acceptors (Lipinski definition) is 3. The summed E-state index contributed by atoms with van der Waals surface area (Å²) in [5.74, 6) is 0. The van der Waals surface area contributed by atoms with Crippen LogP contribution in [0.5, 0.6) is 0 Å². The smallest absolute Gasteiger partial charge is 0.261 e. The molecule has 4 nitrogen and oxygen atoms in total. The normalized spacial score (nSPS) is 11.3. The Morgan fingerprint density at radius 3 is 2.17 bits per heavy atom. The van der Waals surface area contributed by atoms with E-state index in [1.807, 2.05) is 19.1 Å². The number of halogens is 1. The first kappa shape index (κ1) is 17.6. The molecule has 0 unspecified atom stereocenters. The Balaban J connectivity index is 2.22. The highest BCUT2D eigenvalue weighted by molar-refractivity contribution is 7.92. The fourth-order valence-electron chi connectivity index (χ4n) is 2.28. The number of sulfonamides is 1. The van der Waals surface area contributed by atoms with Crippen molar-refractivity contribution >= 4 is 33.0 Å². The molecule has 2 aromatic rings. The molecular weight excluding hydrogens is 332 g/mol. The molecule has 2 rings (SSSR count). The number of rotatable bonds is 6. The number of aryl methyl sites for hydroxylation is 1. The Hall–Kier alpha value is -1.72. The summed E-state index contributed by atoms with van der Waals surface area (Å²) in [6.45, 7) is 7.81. The Bertz CT molecular complexity index is 770. The van der Waals surface area contributed by atoms with Crippen LogP contribution in [-0.4, -0.2) is 21.5 Å². The van der Waals surface area contributed by atoms with Gasteiger partial charge in [0.05, 0.1) is 4.90 Å². The van der Waals surface area contributed by atoms with Gasteiger partial charge >= 0.3 is 0 Å². The first-order chi connectivity index (χ1) is 10.9. The minimum atomic E-state index is -3.64. The SMILES string of the molecule is CCN(CC)c1ccc(NS(=O)(=O)c2ccc(C)c(Cl)c2)cc1. The zero-order valence-electron chi connectivity index (χ0n) is 13.5. The van der Waals surface area contributed by atoms with E-state index >= 15 is 0 Å². The van der Waals surface area contributed by atoms with E-state index in [1.165, 1.54) is 6.07 Å². The highest BCUT2D eigenvalue weighted by Crippen LogP contribution is 2.23. The number of hydrogen-bond donors (Lipinski definition) is 1. The van der Waals surface area contributed by atoms with Crippen molar-refractivity contribution in [2.24, 2.45) is 0 Å². The van der Waals surface area contributed by atoms with Gasteiger partial charge in [-0.25, -0.2) is 8.42 Å². The number of nitrogens with one attached hydrogen (secondary N) is 1. The van der Waals surface area contributed by atoms with E-state index in [2.05, 4.69) is 23.5 Å². The summed E-state index contributed by atoms with van der Waals surface area (Å²) in [7, 11) is -3.64. The summed E-state index contributed by atoms with van der Waals surface area (Å²) in [5, 5.41) is 0.435. The monoisotopic (exact) mass is 352 g/mol. The summed E-state index contributed by atoms with van der Waals surface area (Å²) in [6, 6.07) is 12.1. The van der Waals surface area contributed by atoms with Crippen LogP contribution in [0.4, 0.5) is 11.4 Å². The largest absolute Gasteiger partial charge is 0.372 e. The van der Waals surface area contributed by atoms with Crippen molar-refractivity contribution in [1.82, 2.24) is 0 Å². The molecule has 0 aromatic heterocycles. The Morgan fingerprint density at radius 2 is 1.65 bits per heavy atom. The lowest BCUT2D eigenvalue weighted by atomic mass is 10.2. The summed E-state index contributed by atoms with van der Waals surface area (Å²) >= 11 is 6.01. The number of anilines is 2. The first-order valence-electron chi connectivity index (χ1n) is 7.51. The van der Waals surface area contributed by atoms with Crippen LogP contribution < -0.4 is 9.62 Å². The average Bonchev–Trinajstić information content (AvgIpc) is 2.52. The molecule has 23 heavy (non-hydrogen) atoms. The van der Waals surface area contributed by atoms with Crippen LogP contribution in [0.15, 0.2) is 47.4 Å². The second-order valence-electron chi connectivity index (χ2n) is 5.24. The topological polar surface area (TPSA) is 49.4 Å². The van der Waals surface area contributed by atoms with Crippen molar-refractivity contribution in [3.8, 4) is 0 Å². The maximum atomic E-state index is 12.4. The average molecular weight is 353 g/mol. The lowest BCUT2D eigenvalue weighted by Gasteiger charge is -2.21. The third-order valence-corrected chi connectivity index (χ3v) is 5.49. The van der Waals surface area contributed by atoms with Gasteiger partial charge in [0.25, 0.3) is 10.0 Å². The molecule has 0 atom stereocenters. The lowest BCUT2D eigenvalue weighted by Crippen LogP contribution is -2.21. The molecule has 0 aliphatic rings. The van der Waals surface area contributed by atoms with Crippen molar-refractivity contribution in [1.29, 1.82) is 0 Å². The molecule has 2 aromatic carbocycles. The van der Waals surface area contributed by atoms with Crippen LogP contribution in [0.2, 0.25) is 5.02 Å². The minimum Gasteiger partial charge on any atom is -0.372 e. The molecule has 0 saturated heterocycles. The maximum Gasteiger partial charge on any atom is 0.261 e. The van der Waals surface area contributed by atoms with Gasteiger partial charge in [0.1, 0.15) is 0 Å². The minimum absolute atomic E-state index is 0.154. The molecule has 124 valence electrons. The Kier molecular flexibility index (Phi) is 5.55. The van der Waals surface area contributed by atoms with Gasteiger partial charge < -0.3 is 4.90 Å². The number of benzene rings is 2. The molecule has 0 radical (unpaired) electrons. The number of nitrogens with zero attached hydrogens (tertiary/aromatic N) is 1. The first-order valence-corrected chi connectivity index (χ1v) is 9.37. The third kappa shape index (κ3) is 4.18. The standard InChI is InChI=1S/C17H21ClN2O2S/c1-4-20(5-2)15-9-7-14(8-10-15)19-23(21,22)16-11-6-13(3)17(18)12-16/h6-12,19H,4-5H2,1-3H3. The van der Waals surface area contributed by atoms with Crippen LogP contribution in [0, 0.1) is 6.92 Å². The molecule has 0 spiro atoms. The summed E-state index contributed by atoms with van der Waals surface area (Å²) in [4.78, 5) is 2.35. The highest BCUT2D eigenvalue weighted by atomic mass is 35.5. The van der Waals surface area contributed by atoms with E-state index in [-0.39, 0.29) is 4.90 Å². The second-order valence-corrected chi connectivity index (χ2v) is 7.33. The van der Waals surface area contributed by atoms with Gasteiger partial charge in [-0.05, 0) is 62.7 Å². The van der Waals surface area contributed by atoms with Gasteiger partial charge in [-0.3, -0.25) is 4.72 Å². The van der Waals surface area contributed by atoms with Crippen LogP contribution in [0.3, 0.4) is 0 Å². The fourth-order valence-corrected chi connectivity index (χ4v) is 3.61. The quantitative estimate of drug-likeness (QED) is 0.843. The van der Waals surface area contributed by atoms with Crippen molar-refractivity contribution in [2.75, 3.05) is 22.7 Å². The van der Waals surface area contributed by atoms with E-state index in [0.29, 0.717) is 10.7 Å². The molecular formula is C17H21ClN2O2S. The summed E-state index contributed by atoms with van der Waals surface area (Å²) in [5.41, 5.74) is 2.43. The van der Waals surface area contributed by atoms with Gasteiger partial charge in [0.15, 0.2) is 0 Å². The van der Waals surface area contributed by atoms with Crippen molar-refractivity contribution in [3.63, 3.8) is 0 Å². The third-order valence-electron chi connectivity index (χ3n) is 3.70. The molecule has 0 aliphatic heterocycles. The van der Waals surface area contributed by atoms with Gasteiger partial charge in [-0.1, -0.05) is 17.7 Å². The predicted molar refractivity (Wildman–Crippen MR) is 97.0 cm³/mol. The molecule has 0 heterocycles. The zero-order chi connectivity index (χ0) is 17.0. The molecule has 0 aliphatic carbocycles.